The monoisotopic (exact) mass is 321 g/mol. The minimum atomic E-state index is -0.933. The van der Waals surface area contributed by atoms with Crippen LogP contribution in [0, 0.1) is 5.82 Å². The molecule has 1 aliphatic heterocycles. The smallest absolute Gasteiger partial charge is 0.305 e. The Labute approximate surface area is 134 Å². The van der Waals surface area contributed by atoms with Crippen LogP contribution in [0.5, 0.6) is 0 Å². The maximum Gasteiger partial charge on any atom is 0.305 e. The summed E-state index contributed by atoms with van der Waals surface area (Å²) in [5, 5.41) is 8.86. The zero-order chi connectivity index (χ0) is 16.7. The number of nitrogens with zero attached hydrogens (tertiary/aromatic N) is 1. The van der Waals surface area contributed by atoms with Crippen molar-refractivity contribution in [2.24, 2.45) is 0 Å². The normalized spacial score (nSPS) is 15.7. The largest absolute Gasteiger partial charge is 0.481 e. The van der Waals surface area contributed by atoms with Crippen molar-refractivity contribution in [3.8, 4) is 0 Å². The van der Waals surface area contributed by atoms with Crippen molar-refractivity contribution in [1.82, 2.24) is 4.90 Å². The Morgan fingerprint density at radius 1 is 1.26 bits per heavy atom. The Kier molecular flexibility index (Phi) is 6.29. The molecule has 1 aromatic carbocycles. The third-order valence-corrected chi connectivity index (χ3v) is 3.77. The Hall–Kier alpha value is -2.21. The number of hydrogen-bond acceptors (Lipinski definition) is 3. The van der Waals surface area contributed by atoms with Gasteiger partial charge in [-0.2, -0.15) is 0 Å². The maximum absolute atomic E-state index is 12.9. The molecule has 0 aromatic heterocycles. The van der Waals surface area contributed by atoms with Crippen LogP contribution in [0.3, 0.4) is 0 Å². The number of halogens is 1. The number of carboxylic acids is 1. The average molecular weight is 321 g/mol. The summed E-state index contributed by atoms with van der Waals surface area (Å²) in [5.74, 6) is -1.50. The van der Waals surface area contributed by atoms with E-state index in [1.54, 1.807) is 23.1 Å². The summed E-state index contributed by atoms with van der Waals surface area (Å²) in [4.78, 5) is 24.8. The topological polar surface area (TPSA) is 66.8 Å². The summed E-state index contributed by atoms with van der Waals surface area (Å²) in [7, 11) is 0. The lowest BCUT2D eigenvalue weighted by atomic mass is 10.1. The molecule has 1 fully saturated rings. The molecule has 1 aromatic rings. The van der Waals surface area contributed by atoms with Crippen LogP contribution >= 0.6 is 0 Å². The number of carbonyl (C=O) groups is 2. The van der Waals surface area contributed by atoms with Crippen LogP contribution < -0.4 is 0 Å². The number of aliphatic carboxylic acids is 1. The molecular formula is C17H20FNO4. The highest BCUT2D eigenvalue weighted by Crippen LogP contribution is 2.16. The molecule has 1 heterocycles. The van der Waals surface area contributed by atoms with E-state index in [0.29, 0.717) is 31.6 Å². The Balaban J connectivity index is 2.04. The molecule has 1 saturated heterocycles. The first-order chi connectivity index (χ1) is 11.1. The van der Waals surface area contributed by atoms with Gasteiger partial charge in [0.15, 0.2) is 0 Å². The number of rotatable bonds is 6. The second-order valence-electron chi connectivity index (χ2n) is 5.40. The van der Waals surface area contributed by atoms with E-state index in [4.69, 9.17) is 9.84 Å². The Bertz CT molecular complexity index is 564. The third-order valence-electron chi connectivity index (χ3n) is 3.77. The highest BCUT2D eigenvalue weighted by molar-refractivity contribution is 5.92. The fourth-order valence-electron chi connectivity index (χ4n) is 2.52. The highest BCUT2D eigenvalue weighted by atomic mass is 19.1. The van der Waals surface area contributed by atoms with Crippen molar-refractivity contribution in [2.75, 3.05) is 19.8 Å². The van der Waals surface area contributed by atoms with Crippen LogP contribution in [0.1, 0.15) is 24.8 Å². The number of amides is 1. The summed E-state index contributed by atoms with van der Waals surface area (Å²) in [5.41, 5.74) is 0.713. The van der Waals surface area contributed by atoms with Gasteiger partial charge < -0.3 is 14.7 Å². The van der Waals surface area contributed by atoms with Crippen LogP contribution in [-0.2, 0) is 14.3 Å². The first-order valence-electron chi connectivity index (χ1n) is 7.60. The van der Waals surface area contributed by atoms with Gasteiger partial charge in [-0.15, -0.1) is 0 Å². The minimum Gasteiger partial charge on any atom is -0.481 e. The molecule has 0 atom stereocenters. The highest BCUT2D eigenvalue weighted by Gasteiger charge is 2.24. The molecule has 1 amide bonds. The molecule has 0 unspecified atom stereocenters. The van der Waals surface area contributed by atoms with E-state index in [1.165, 1.54) is 18.2 Å². The second kappa shape index (κ2) is 8.43. The van der Waals surface area contributed by atoms with Gasteiger partial charge in [-0.3, -0.25) is 9.59 Å². The first kappa shape index (κ1) is 17.1. The molecule has 23 heavy (non-hydrogen) atoms. The lowest BCUT2D eigenvalue weighted by molar-refractivity contribution is -0.138. The molecule has 0 spiro atoms. The number of carboxylic acid groups (broad SMARTS) is 1. The van der Waals surface area contributed by atoms with Gasteiger partial charge in [-0.25, -0.2) is 4.39 Å². The second-order valence-corrected chi connectivity index (χ2v) is 5.40. The number of hydrogen-bond donors (Lipinski definition) is 1. The number of benzene rings is 1. The van der Waals surface area contributed by atoms with E-state index in [9.17, 15) is 14.0 Å². The van der Waals surface area contributed by atoms with Gasteiger partial charge in [0.1, 0.15) is 5.82 Å². The average Bonchev–Trinajstić information content (AvgIpc) is 2.55. The zero-order valence-corrected chi connectivity index (χ0v) is 12.8. The minimum absolute atomic E-state index is 0.00605. The molecule has 0 aliphatic carbocycles. The molecule has 1 N–H and O–H groups in total. The van der Waals surface area contributed by atoms with E-state index < -0.39 is 5.97 Å². The third kappa shape index (κ3) is 5.49. The predicted molar refractivity (Wildman–Crippen MR) is 83.2 cm³/mol. The van der Waals surface area contributed by atoms with Gasteiger partial charge in [-0.1, -0.05) is 12.1 Å². The van der Waals surface area contributed by atoms with Crippen LogP contribution in [0.4, 0.5) is 4.39 Å². The summed E-state index contributed by atoms with van der Waals surface area (Å²) >= 11 is 0. The summed E-state index contributed by atoms with van der Waals surface area (Å²) in [6.07, 6.45) is 4.33. The van der Waals surface area contributed by atoms with Crippen LogP contribution in [0.15, 0.2) is 30.3 Å². The standard InChI is InChI=1S/C17H20FNO4/c18-14-4-1-13(2-5-14)3-6-16(20)19(10-7-17(21)22)15-8-11-23-12-9-15/h1-6,15H,7-12H2,(H,21,22). The van der Waals surface area contributed by atoms with Crippen molar-refractivity contribution in [2.45, 2.75) is 25.3 Å². The van der Waals surface area contributed by atoms with Crippen LogP contribution in [0.2, 0.25) is 0 Å². The SMILES string of the molecule is O=C(O)CCN(C(=O)C=Cc1ccc(F)cc1)C1CCOCC1. The molecule has 0 bridgehead atoms. The van der Waals surface area contributed by atoms with Gasteiger partial charge in [-0.05, 0) is 36.6 Å². The van der Waals surface area contributed by atoms with Gasteiger partial charge in [0, 0.05) is 31.9 Å². The lowest BCUT2D eigenvalue weighted by Gasteiger charge is -2.33. The Morgan fingerprint density at radius 2 is 1.91 bits per heavy atom. The van der Waals surface area contributed by atoms with E-state index in [-0.39, 0.29) is 30.7 Å². The fraction of sp³-hybridized carbons (Fsp3) is 0.412. The number of carbonyl (C=O) groups excluding carboxylic acids is 1. The quantitative estimate of drug-likeness (QED) is 0.817. The van der Waals surface area contributed by atoms with Gasteiger partial charge >= 0.3 is 5.97 Å². The molecule has 1 aliphatic rings. The molecule has 5 nitrogen and oxygen atoms in total. The lowest BCUT2D eigenvalue weighted by Crippen LogP contribution is -2.43. The molecular weight excluding hydrogens is 301 g/mol. The molecule has 2 rings (SSSR count). The molecule has 6 heteroatoms. The van der Waals surface area contributed by atoms with Crippen molar-refractivity contribution in [1.29, 1.82) is 0 Å². The van der Waals surface area contributed by atoms with E-state index >= 15 is 0 Å². The first-order valence-corrected chi connectivity index (χ1v) is 7.60. The van der Waals surface area contributed by atoms with E-state index in [1.807, 2.05) is 0 Å². The van der Waals surface area contributed by atoms with E-state index in [0.717, 1.165) is 0 Å². The summed E-state index contributed by atoms with van der Waals surface area (Å²) < 4.78 is 18.2. The van der Waals surface area contributed by atoms with Crippen molar-refractivity contribution in [3.63, 3.8) is 0 Å². The van der Waals surface area contributed by atoms with Gasteiger partial charge in [0.25, 0.3) is 0 Å². The molecule has 124 valence electrons. The number of ether oxygens (including phenoxy) is 1. The zero-order valence-electron chi connectivity index (χ0n) is 12.8. The molecule has 0 saturated carbocycles. The van der Waals surface area contributed by atoms with Crippen molar-refractivity contribution in [3.05, 3.63) is 41.7 Å². The fourth-order valence-corrected chi connectivity index (χ4v) is 2.52. The molecule has 0 radical (unpaired) electrons. The summed E-state index contributed by atoms with van der Waals surface area (Å²) in [6.45, 7) is 1.32. The van der Waals surface area contributed by atoms with Crippen molar-refractivity contribution >= 4 is 18.0 Å². The maximum atomic E-state index is 12.9. The van der Waals surface area contributed by atoms with Crippen LogP contribution in [0.25, 0.3) is 6.08 Å². The van der Waals surface area contributed by atoms with Crippen LogP contribution in [-0.4, -0.2) is 47.7 Å². The van der Waals surface area contributed by atoms with Gasteiger partial charge in [0.2, 0.25) is 5.91 Å². The van der Waals surface area contributed by atoms with Gasteiger partial charge in [0.05, 0.1) is 6.42 Å². The van der Waals surface area contributed by atoms with Crippen molar-refractivity contribution < 1.29 is 23.8 Å². The summed E-state index contributed by atoms with van der Waals surface area (Å²) in [6, 6.07) is 5.80. The van der Waals surface area contributed by atoms with E-state index in [2.05, 4.69) is 0 Å². The predicted octanol–water partition coefficient (Wildman–Crippen LogP) is 2.32. The Morgan fingerprint density at radius 3 is 2.52 bits per heavy atom.